The molecule has 152 valence electrons. The van der Waals surface area contributed by atoms with Crippen LogP contribution >= 0.6 is 0 Å². The topological polar surface area (TPSA) is 89.9 Å². The second-order valence-electron chi connectivity index (χ2n) is 7.95. The van der Waals surface area contributed by atoms with Crippen molar-refractivity contribution in [1.82, 2.24) is 19.2 Å². The molecule has 2 aliphatic rings. The van der Waals surface area contributed by atoms with E-state index in [1.807, 2.05) is 12.3 Å². The lowest BCUT2D eigenvalue weighted by Crippen LogP contribution is -2.58. The van der Waals surface area contributed by atoms with Crippen LogP contribution in [0.4, 0.5) is 5.69 Å². The Morgan fingerprint density at radius 1 is 1.18 bits per heavy atom. The smallest absolute Gasteiger partial charge is 0.211 e. The third-order valence-electron chi connectivity index (χ3n) is 5.73. The van der Waals surface area contributed by atoms with Gasteiger partial charge in [-0.25, -0.2) is 18.4 Å². The average Bonchev–Trinajstić information content (AvgIpc) is 2.67. The Morgan fingerprint density at radius 3 is 2.71 bits per heavy atom. The molecule has 4 rings (SSSR count). The summed E-state index contributed by atoms with van der Waals surface area (Å²) in [5.74, 6) is 0. The largest absolute Gasteiger partial charge is 0.387 e. The molecule has 1 aromatic heterocycles. The van der Waals surface area contributed by atoms with Gasteiger partial charge in [-0.1, -0.05) is 0 Å². The van der Waals surface area contributed by atoms with E-state index in [2.05, 4.69) is 31.9 Å². The summed E-state index contributed by atoms with van der Waals surface area (Å²) < 4.78 is 25.1. The summed E-state index contributed by atoms with van der Waals surface area (Å²) in [6.07, 6.45) is 5.94. The fourth-order valence-electron chi connectivity index (χ4n) is 4.23. The maximum atomic E-state index is 11.8. The highest BCUT2D eigenvalue weighted by molar-refractivity contribution is 7.88. The molecule has 0 saturated carbocycles. The molecule has 8 nitrogen and oxygen atoms in total. The lowest BCUT2D eigenvalue weighted by molar-refractivity contribution is -0.0355. The van der Waals surface area contributed by atoms with Gasteiger partial charge in [-0.2, -0.15) is 4.31 Å². The number of hydrogen-bond acceptors (Lipinski definition) is 7. The van der Waals surface area contributed by atoms with E-state index in [0.717, 1.165) is 42.8 Å². The standard InChI is InChI=1S/C19H27N5O3S/c1-28(26,27)24-6-2-5-19(25,14-24)13-22-7-9-23(10-8-22)17-3-4-18-16(11-17)12-20-15-21-18/h3-4,11-12,15,25H,2,5-10,13-14H2,1H3. The molecule has 1 atom stereocenters. The van der Waals surface area contributed by atoms with E-state index in [1.54, 1.807) is 6.33 Å². The molecule has 3 heterocycles. The number of rotatable bonds is 4. The highest BCUT2D eigenvalue weighted by Crippen LogP contribution is 2.26. The van der Waals surface area contributed by atoms with Gasteiger partial charge in [-0.05, 0) is 31.0 Å². The van der Waals surface area contributed by atoms with Gasteiger partial charge in [0.15, 0.2) is 0 Å². The van der Waals surface area contributed by atoms with Crippen LogP contribution in [0.3, 0.4) is 0 Å². The molecule has 0 aliphatic carbocycles. The lowest BCUT2D eigenvalue weighted by atomic mass is 9.93. The molecule has 0 amide bonds. The van der Waals surface area contributed by atoms with Gasteiger partial charge >= 0.3 is 0 Å². The number of aromatic nitrogens is 2. The third-order valence-corrected chi connectivity index (χ3v) is 6.98. The maximum absolute atomic E-state index is 11.8. The highest BCUT2D eigenvalue weighted by atomic mass is 32.2. The van der Waals surface area contributed by atoms with E-state index in [0.29, 0.717) is 25.9 Å². The Bertz CT molecular complexity index is 945. The van der Waals surface area contributed by atoms with Gasteiger partial charge in [0.05, 0.1) is 17.4 Å². The monoisotopic (exact) mass is 405 g/mol. The van der Waals surface area contributed by atoms with Crippen LogP contribution in [-0.2, 0) is 10.0 Å². The Kier molecular flexibility index (Phi) is 5.26. The number of nitrogens with zero attached hydrogens (tertiary/aromatic N) is 5. The summed E-state index contributed by atoms with van der Waals surface area (Å²) in [6, 6.07) is 6.22. The second kappa shape index (κ2) is 7.55. The van der Waals surface area contributed by atoms with Crippen molar-refractivity contribution in [1.29, 1.82) is 0 Å². The van der Waals surface area contributed by atoms with Crippen LogP contribution < -0.4 is 4.90 Å². The molecule has 1 aromatic carbocycles. The van der Waals surface area contributed by atoms with Gasteiger partial charge in [0.2, 0.25) is 10.0 Å². The Balaban J connectivity index is 1.37. The zero-order valence-corrected chi connectivity index (χ0v) is 17.0. The Labute approximate surface area is 165 Å². The van der Waals surface area contributed by atoms with Crippen molar-refractivity contribution < 1.29 is 13.5 Å². The summed E-state index contributed by atoms with van der Waals surface area (Å²) in [5, 5.41) is 12.0. The number of hydrogen-bond donors (Lipinski definition) is 1. The lowest BCUT2D eigenvalue weighted by Gasteiger charge is -2.43. The first-order valence-electron chi connectivity index (χ1n) is 9.67. The summed E-state index contributed by atoms with van der Waals surface area (Å²) in [7, 11) is -3.26. The van der Waals surface area contributed by atoms with Crippen molar-refractivity contribution in [3.63, 3.8) is 0 Å². The summed E-state index contributed by atoms with van der Waals surface area (Å²) >= 11 is 0. The van der Waals surface area contributed by atoms with Crippen molar-refractivity contribution in [2.75, 3.05) is 57.0 Å². The van der Waals surface area contributed by atoms with Crippen LogP contribution in [0.25, 0.3) is 10.9 Å². The molecule has 28 heavy (non-hydrogen) atoms. The molecule has 2 fully saturated rings. The number of aliphatic hydroxyl groups is 1. The zero-order valence-electron chi connectivity index (χ0n) is 16.2. The molecule has 1 N–H and O–H groups in total. The van der Waals surface area contributed by atoms with Crippen LogP contribution in [0.2, 0.25) is 0 Å². The van der Waals surface area contributed by atoms with E-state index in [-0.39, 0.29) is 6.54 Å². The molecule has 0 bridgehead atoms. The van der Waals surface area contributed by atoms with Crippen LogP contribution in [-0.4, -0.2) is 90.4 Å². The molecule has 0 radical (unpaired) electrons. The number of piperazine rings is 1. The maximum Gasteiger partial charge on any atom is 0.211 e. The fraction of sp³-hybridized carbons (Fsp3) is 0.579. The number of β-amino-alcohol motifs (C(OH)–C–C–N with tert-alkyl or cyclic N) is 1. The number of fused-ring (bicyclic) bond motifs is 1. The minimum atomic E-state index is -3.26. The number of sulfonamides is 1. The molecular weight excluding hydrogens is 378 g/mol. The Hall–Kier alpha value is -1.81. The first kappa shape index (κ1) is 19.5. The molecule has 2 aromatic rings. The molecule has 2 aliphatic heterocycles. The van der Waals surface area contributed by atoms with Crippen LogP contribution in [0.1, 0.15) is 12.8 Å². The first-order chi connectivity index (χ1) is 13.3. The molecule has 0 spiro atoms. The van der Waals surface area contributed by atoms with Crippen molar-refractivity contribution in [3.05, 3.63) is 30.7 Å². The summed E-state index contributed by atoms with van der Waals surface area (Å²) in [5.41, 5.74) is 1.12. The van der Waals surface area contributed by atoms with E-state index < -0.39 is 15.6 Å². The SMILES string of the molecule is CS(=O)(=O)N1CCCC(O)(CN2CCN(c3ccc4ncncc4c3)CC2)C1. The fourth-order valence-corrected chi connectivity index (χ4v) is 5.17. The van der Waals surface area contributed by atoms with Crippen LogP contribution in [0.15, 0.2) is 30.7 Å². The first-order valence-corrected chi connectivity index (χ1v) is 11.5. The Morgan fingerprint density at radius 2 is 1.96 bits per heavy atom. The van der Waals surface area contributed by atoms with E-state index in [4.69, 9.17) is 0 Å². The second-order valence-corrected chi connectivity index (χ2v) is 9.94. The summed E-state index contributed by atoms with van der Waals surface area (Å²) in [4.78, 5) is 12.9. The van der Waals surface area contributed by atoms with Gasteiger partial charge < -0.3 is 10.0 Å². The van der Waals surface area contributed by atoms with E-state index in [1.165, 1.54) is 10.6 Å². The predicted octanol–water partition coefficient (Wildman–Crippen LogP) is 0.538. The summed E-state index contributed by atoms with van der Waals surface area (Å²) in [6.45, 7) is 4.61. The molecule has 9 heteroatoms. The van der Waals surface area contributed by atoms with Crippen molar-refractivity contribution in [3.8, 4) is 0 Å². The van der Waals surface area contributed by atoms with Crippen molar-refractivity contribution >= 4 is 26.6 Å². The normalized spacial score (nSPS) is 25.3. The van der Waals surface area contributed by atoms with Gasteiger partial charge in [0.25, 0.3) is 0 Å². The number of anilines is 1. The highest BCUT2D eigenvalue weighted by Gasteiger charge is 2.38. The van der Waals surface area contributed by atoms with Crippen LogP contribution in [0, 0.1) is 0 Å². The average molecular weight is 406 g/mol. The zero-order chi connectivity index (χ0) is 19.8. The third kappa shape index (κ3) is 4.27. The quantitative estimate of drug-likeness (QED) is 0.794. The number of piperidine rings is 1. The molecular formula is C19H27N5O3S. The van der Waals surface area contributed by atoms with Gasteiger partial charge in [-0.3, -0.25) is 4.90 Å². The number of benzene rings is 1. The van der Waals surface area contributed by atoms with Gasteiger partial charge in [0, 0.05) is 63.1 Å². The van der Waals surface area contributed by atoms with Crippen LogP contribution in [0.5, 0.6) is 0 Å². The van der Waals surface area contributed by atoms with Gasteiger partial charge in [0.1, 0.15) is 6.33 Å². The minimum Gasteiger partial charge on any atom is -0.387 e. The van der Waals surface area contributed by atoms with Gasteiger partial charge in [-0.15, -0.1) is 0 Å². The molecule has 1 unspecified atom stereocenters. The van der Waals surface area contributed by atoms with E-state index in [9.17, 15) is 13.5 Å². The van der Waals surface area contributed by atoms with Crippen molar-refractivity contribution in [2.24, 2.45) is 0 Å². The minimum absolute atomic E-state index is 0.191. The van der Waals surface area contributed by atoms with Crippen molar-refractivity contribution in [2.45, 2.75) is 18.4 Å². The predicted molar refractivity (Wildman–Crippen MR) is 109 cm³/mol. The van der Waals surface area contributed by atoms with E-state index >= 15 is 0 Å². The molecule has 2 saturated heterocycles.